The molecule has 0 saturated carbocycles. The fourth-order valence-electron chi connectivity index (χ4n) is 3.94. The van der Waals surface area contributed by atoms with Gasteiger partial charge < -0.3 is 10.2 Å². The topological polar surface area (TPSA) is 52.7 Å². The second-order valence-electron chi connectivity index (χ2n) is 6.42. The van der Waals surface area contributed by atoms with Gasteiger partial charge in [-0.25, -0.2) is 0 Å². The third-order valence-electron chi connectivity index (χ3n) is 4.84. The van der Waals surface area contributed by atoms with Gasteiger partial charge in [0.05, 0.1) is 10.9 Å². The Morgan fingerprint density at radius 2 is 2.14 bits per heavy atom. The molecule has 3 atom stereocenters. The first kappa shape index (κ1) is 15.5. The Morgan fingerprint density at radius 3 is 2.73 bits per heavy atom. The molecule has 22 heavy (non-hydrogen) atoms. The van der Waals surface area contributed by atoms with Crippen LogP contribution in [0.15, 0.2) is 17.5 Å². The Labute approximate surface area is 135 Å². The van der Waals surface area contributed by atoms with Gasteiger partial charge in [0.25, 0.3) is 5.91 Å². The van der Waals surface area contributed by atoms with Gasteiger partial charge in [-0.3, -0.25) is 14.5 Å². The van der Waals surface area contributed by atoms with Gasteiger partial charge in [0.2, 0.25) is 5.91 Å². The van der Waals surface area contributed by atoms with Crippen molar-refractivity contribution in [1.29, 1.82) is 0 Å². The van der Waals surface area contributed by atoms with E-state index in [9.17, 15) is 9.59 Å². The lowest BCUT2D eigenvalue weighted by molar-refractivity contribution is -0.126. The Hall–Kier alpha value is -1.40. The number of nitrogens with one attached hydrogen (secondary N) is 1. The molecule has 0 bridgehead atoms. The maximum Gasteiger partial charge on any atom is 0.263 e. The fraction of sp³-hybridized carbons (Fsp3) is 0.625. The number of rotatable bonds is 3. The molecule has 2 saturated heterocycles. The van der Waals surface area contributed by atoms with Crippen LogP contribution in [0.25, 0.3) is 0 Å². The van der Waals surface area contributed by atoms with Gasteiger partial charge in [0, 0.05) is 32.2 Å². The van der Waals surface area contributed by atoms with E-state index in [0.717, 1.165) is 24.4 Å². The Morgan fingerprint density at radius 1 is 1.36 bits per heavy atom. The van der Waals surface area contributed by atoms with Crippen molar-refractivity contribution in [2.75, 3.05) is 20.1 Å². The summed E-state index contributed by atoms with van der Waals surface area (Å²) < 4.78 is 0. The summed E-state index contributed by atoms with van der Waals surface area (Å²) in [6.07, 6.45) is 0.844. The highest BCUT2D eigenvalue weighted by Gasteiger charge is 2.50. The Kier molecular flexibility index (Phi) is 4.23. The van der Waals surface area contributed by atoms with Gasteiger partial charge in [0.15, 0.2) is 0 Å². The van der Waals surface area contributed by atoms with Crippen LogP contribution in [0.2, 0.25) is 0 Å². The molecule has 1 N–H and O–H groups in total. The van der Waals surface area contributed by atoms with Crippen LogP contribution in [-0.2, 0) is 4.79 Å². The van der Waals surface area contributed by atoms with E-state index in [-0.39, 0.29) is 17.9 Å². The number of carbonyl (C=O) groups excluding carboxylic acids is 2. The zero-order valence-electron chi connectivity index (χ0n) is 13.3. The van der Waals surface area contributed by atoms with E-state index in [1.165, 1.54) is 11.3 Å². The molecule has 2 aliphatic heterocycles. The second-order valence-corrected chi connectivity index (χ2v) is 7.37. The van der Waals surface area contributed by atoms with E-state index in [1.54, 1.807) is 7.05 Å². The van der Waals surface area contributed by atoms with Crippen LogP contribution in [0.1, 0.15) is 29.9 Å². The molecule has 0 spiro atoms. The van der Waals surface area contributed by atoms with Crippen LogP contribution in [0, 0.1) is 5.92 Å². The van der Waals surface area contributed by atoms with E-state index in [4.69, 9.17) is 0 Å². The third-order valence-corrected chi connectivity index (χ3v) is 5.70. The molecule has 6 heteroatoms. The van der Waals surface area contributed by atoms with Crippen molar-refractivity contribution in [2.24, 2.45) is 5.92 Å². The van der Waals surface area contributed by atoms with Gasteiger partial charge in [-0.1, -0.05) is 6.07 Å². The van der Waals surface area contributed by atoms with Crippen LogP contribution < -0.4 is 5.32 Å². The van der Waals surface area contributed by atoms with E-state index < -0.39 is 0 Å². The summed E-state index contributed by atoms with van der Waals surface area (Å²) >= 11 is 1.49. The number of hydrogen-bond donors (Lipinski definition) is 1. The molecule has 3 heterocycles. The summed E-state index contributed by atoms with van der Waals surface area (Å²) in [4.78, 5) is 29.7. The minimum absolute atomic E-state index is 0.0565. The molecule has 1 aromatic rings. The molecule has 2 amide bonds. The number of thiophene rings is 1. The molecule has 0 aromatic carbocycles. The molecule has 2 aliphatic rings. The van der Waals surface area contributed by atoms with Crippen LogP contribution in [-0.4, -0.2) is 59.9 Å². The molecule has 3 rings (SSSR count). The maximum atomic E-state index is 12.5. The maximum absolute atomic E-state index is 12.5. The summed E-state index contributed by atoms with van der Waals surface area (Å²) in [5.74, 6) is 0.623. The molecular weight excluding hydrogens is 298 g/mol. The van der Waals surface area contributed by atoms with E-state index in [2.05, 4.69) is 24.1 Å². The first-order valence-electron chi connectivity index (χ1n) is 7.84. The average Bonchev–Trinajstić information content (AvgIpc) is 3.19. The van der Waals surface area contributed by atoms with Gasteiger partial charge in [-0.05, 0) is 37.6 Å². The second kappa shape index (κ2) is 6.01. The summed E-state index contributed by atoms with van der Waals surface area (Å²) in [7, 11) is 1.70. The largest absolute Gasteiger partial charge is 0.358 e. The average molecular weight is 321 g/mol. The lowest BCUT2D eigenvalue weighted by Crippen LogP contribution is -2.50. The minimum Gasteiger partial charge on any atom is -0.358 e. The lowest BCUT2D eigenvalue weighted by atomic mass is 10.0. The highest BCUT2D eigenvalue weighted by molar-refractivity contribution is 7.12. The van der Waals surface area contributed by atoms with Crippen molar-refractivity contribution in [3.8, 4) is 0 Å². The van der Waals surface area contributed by atoms with Crippen LogP contribution in [0.4, 0.5) is 0 Å². The predicted molar refractivity (Wildman–Crippen MR) is 86.9 cm³/mol. The van der Waals surface area contributed by atoms with Crippen molar-refractivity contribution in [1.82, 2.24) is 15.1 Å². The number of carbonyl (C=O) groups is 2. The van der Waals surface area contributed by atoms with E-state index in [0.29, 0.717) is 18.0 Å². The summed E-state index contributed by atoms with van der Waals surface area (Å²) in [6.45, 7) is 5.75. The van der Waals surface area contributed by atoms with Crippen molar-refractivity contribution in [3.05, 3.63) is 22.4 Å². The molecule has 120 valence electrons. The van der Waals surface area contributed by atoms with Crippen molar-refractivity contribution in [2.45, 2.75) is 38.4 Å². The van der Waals surface area contributed by atoms with Crippen molar-refractivity contribution >= 4 is 23.2 Å². The number of hydrogen-bond acceptors (Lipinski definition) is 4. The molecule has 0 radical (unpaired) electrons. The molecule has 0 unspecified atom stereocenters. The van der Waals surface area contributed by atoms with Crippen molar-refractivity contribution < 1.29 is 9.59 Å². The third kappa shape index (κ3) is 2.54. The molecule has 0 aliphatic carbocycles. The number of likely N-dealkylation sites (tertiary alicyclic amines) is 2. The van der Waals surface area contributed by atoms with Gasteiger partial charge >= 0.3 is 0 Å². The Balaban J connectivity index is 1.75. The van der Waals surface area contributed by atoms with Crippen LogP contribution in [0.3, 0.4) is 0 Å². The summed E-state index contributed by atoms with van der Waals surface area (Å²) in [5, 5.41) is 4.71. The van der Waals surface area contributed by atoms with Gasteiger partial charge in [-0.2, -0.15) is 0 Å². The normalized spacial score (nSPS) is 28.2. The monoisotopic (exact) mass is 321 g/mol. The zero-order valence-corrected chi connectivity index (χ0v) is 14.1. The number of fused-ring (bicyclic) bond motifs is 1. The zero-order chi connectivity index (χ0) is 15.9. The van der Waals surface area contributed by atoms with Crippen molar-refractivity contribution in [3.63, 3.8) is 0 Å². The van der Waals surface area contributed by atoms with Crippen LogP contribution >= 0.6 is 11.3 Å². The smallest absolute Gasteiger partial charge is 0.263 e. The number of likely N-dealkylation sites (N-methyl/N-ethyl adjacent to an activating group) is 1. The molecular formula is C16H23N3O2S. The quantitative estimate of drug-likeness (QED) is 0.916. The first-order chi connectivity index (χ1) is 10.5. The minimum atomic E-state index is -0.0565. The summed E-state index contributed by atoms with van der Waals surface area (Å²) in [5.41, 5.74) is 0. The standard InChI is InChI=1S/C16H23N3O2S/c1-10(2)19-12(15(20)17-3)7-11-8-18(9-13(11)19)16(21)14-5-4-6-22-14/h4-6,10-13H,7-9H2,1-3H3,(H,17,20)/t11-,12-,13+/m1/s1. The fourth-order valence-corrected chi connectivity index (χ4v) is 4.63. The number of amides is 2. The van der Waals surface area contributed by atoms with E-state index in [1.807, 2.05) is 22.4 Å². The first-order valence-corrected chi connectivity index (χ1v) is 8.72. The SMILES string of the molecule is CNC(=O)[C@H]1C[C@@H]2CN(C(=O)c3cccs3)C[C@@H]2N1C(C)C. The highest BCUT2D eigenvalue weighted by Crippen LogP contribution is 2.37. The van der Waals surface area contributed by atoms with Gasteiger partial charge in [0.1, 0.15) is 0 Å². The lowest BCUT2D eigenvalue weighted by Gasteiger charge is -2.33. The molecule has 5 nitrogen and oxygen atoms in total. The van der Waals surface area contributed by atoms with E-state index >= 15 is 0 Å². The summed E-state index contributed by atoms with van der Waals surface area (Å²) in [6, 6.07) is 4.34. The molecule has 2 fully saturated rings. The molecule has 1 aromatic heterocycles. The van der Waals surface area contributed by atoms with Crippen LogP contribution in [0.5, 0.6) is 0 Å². The highest BCUT2D eigenvalue weighted by atomic mass is 32.1. The Bertz CT molecular complexity index is 558. The predicted octanol–water partition coefficient (Wildman–Crippen LogP) is 1.42. The van der Waals surface area contributed by atoms with Gasteiger partial charge in [-0.15, -0.1) is 11.3 Å². The number of nitrogens with zero attached hydrogens (tertiary/aromatic N) is 2.